The lowest BCUT2D eigenvalue weighted by molar-refractivity contribution is -0.0558. The van der Waals surface area contributed by atoms with E-state index in [4.69, 9.17) is 9.47 Å². The first kappa shape index (κ1) is 18.0. The predicted octanol–water partition coefficient (Wildman–Crippen LogP) is 4.92. The zero-order chi connectivity index (χ0) is 15.1. The Morgan fingerprint density at radius 3 is 2.40 bits per heavy atom. The number of rotatable bonds is 8. The minimum Gasteiger partial charge on any atom is -0.379 e. The molecule has 5 unspecified atom stereocenters. The summed E-state index contributed by atoms with van der Waals surface area (Å²) in [6, 6.07) is 0. The van der Waals surface area contributed by atoms with Crippen LogP contribution in [0, 0.1) is 23.7 Å². The molecule has 0 radical (unpaired) electrons. The number of ether oxygens (including phenoxy) is 2. The summed E-state index contributed by atoms with van der Waals surface area (Å²) < 4.78 is 11.9. The molecule has 0 saturated heterocycles. The van der Waals surface area contributed by atoms with Crippen LogP contribution in [0.1, 0.15) is 67.2 Å². The molecule has 1 saturated carbocycles. The van der Waals surface area contributed by atoms with Crippen LogP contribution in [0.2, 0.25) is 0 Å². The zero-order valence-corrected chi connectivity index (χ0v) is 14.5. The van der Waals surface area contributed by atoms with Crippen molar-refractivity contribution in [2.45, 2.75) is 79.4 Å². The van der Waals surface area contributed by atoms with Crippen LogP contribution < -0.4 is 0 Å². The van der Waals surface area contributed by atoms with Crippen molar-refractivity contribution in [2.24, 2.45) is 23.7 Å². The van der Waals surface area contributed by atoms with Gasteiger partial charge in [-0.05, 0) is 56.8 Å². The van der Waals surface area contributed by atoms with Gasteiger partial charge in [-0.15, -0.1) is 0 Å². The smallest absolute Gasteiger partial charge is 0.0608 e. The van der Waals surface area contributed by atoms with E-state index < -0.39 is 0 Å². The molecule has 20 heavy (non-hydrogen) atoms. The molecule has 1 fully saturated rings. The fourth-order valence-corrected chi connectivity index (χ4v) is 3.58. The van der Waals surface area contributed by atoms with Crippen LogP contribution in [0.25, 0.3) is 0 Å². The van der Waals surface area contributed by atoms with E-state index in [-0.39, 0.29) is 0 Å². The molecule has 0 bridgehead atoms. The maximum absolute atomic E-state index is 6.31. The minimum atomic E-state index is 0.352. The first-order chi connectivity index (χ1) is 9.43. The topological polar surface area (TPSA) is 18.5 Å². The molecule has 2 nitrogen and oxygen atoms in total. The molecule has 1 aliphatic rings. The summed E-state index contributed by atoms with van der Waals surface area (Å²) in [5.74, 6) is 2.90. The van der Waals surface area contributed by atoms with Crippen LogP contribution in [-0.4, -0.2) is 25.4 Å². The van der Waals surface area contributed by atoms with Gasteiger partial charge in [0, 0.05) is 13.2 Å². The van der Waals surface area contributed by atoms with E-state index in [0.717, 1.165) is 37.4 Å². The average Bonchev–Trinajstić information content (AvgIpc) is 2.36. The second kappa shape index (κ2) is 9.04. The van der Waals surface area contributed by atoms with Crippen molar-refractivity contribution >= 4 is 0 Å². The molecule has 120 valence electrons. The predicted molar refractivity (Wildman–Crippen MR) is 86.0 cm³/mol. The molecule has 0 aliphatic heterocycles. The lowest BCUT2D eigenvalue weighted by atomic mass is 9.75. The molecule has 1 rings (SSSR count). The fourth-order valence-electron chi connectivity index (χ4n) is 3.58. The third-order valence-electron chi connectivity index (χ3n) is 4.74. The van der Waals surface area contributed by atoms with E-state index in [2.05, 4.69) is 41.5 Å². The highest BCUT2D eigenvalue weighted by molar-refractivity contribution is 4.81. The highest BCUT2D eigenvalue weighted by atomic mass is 16.5. The summed E-state index contributed by atoms with van der Waals surface area (Å²) in [6.45, 7) is 15.3. The molecule has 0 heterocycles. The molecule has 1 aliphatic carbocycles. The second-order valence-electron chi connectivity index (χ2n) is 7.30. The molecule has 0 amide bonds. The summed E-state index contributed by atoms with van der Waals surface area (Å²) in [6.07, 6.45) is 5.89. The maximum atomic E-state index is 6.31. The van der Waals surface area contributed by atoms with Crippen LogP contribution in [0.4, 0.5) is 0 Å². The van der Waals surface area contributed by atoms with Crippen LogP contribution in [0.3, 0.4) is 0 Å². The summed E-state index contributed by atoms with van der Waals surface area (Å²) in [5.41, 5.74) is 0. The monoisotopic (exact) mass is 284 g/mol. The number of hydrogen-bond acceptors (Lipinski definition) is 2. The maximum Gasteiger partial charge on any atom is 0.0608 e. The van der Waals surface area contributed by atoms with E-state index in [0.29, 0.717) is 18.1 Å². The number of hydrogen-bond donors (Lipinski definition) is 0. The Balaban J connectivity index is 2.36. The normalized spacial score (nSPS) is 30.4. The lowest BCUT2D eigenvalue weighted by Gasteiger charge is -2.37. The van der Waals surface area contributed by atoms with Gasteiger partial charge in [0.05, 0.1) is 12.2 Å². The average molecular weight is 284 g/mol. The van der Waals surface area contributed by atoms with Gasteiger partial charge in [0.2, 0.25) is 0 Å². The zero-order valence-electron chi connectivity index (χ0n) is 14.5. The van der Waals surface area contributed by atoms with Gasteiger partial charge in [-0.25, -0.2) is 0 Å². The summed E-state index contributed by atoms with van der Waals surface area (Å²) in [4.78, 5) is 0. The van der Waals surface area contributed by atoms with Crippen LogP contribution in [0.5, 0.6) is 0 Å². The van der Waals surface area contributed by atoms with Crippen molar-refractivity contribution in [2.75, 3.05) is 13.2 Å². The first-order valence-electron chi connectivity index (χ1n) is 8.67. The Morgan fingerprint density at radius 2 is 1.80 bits per heavy atom. The van der Waals surface area contributed by atoms with Gasteiger partial charge in [0.25, 0.3) is 0 Å². The van der Waals surface area contributed by atoms with Gasteiger partial charge in [-0.1, -0.05) is 34.1 Å². The van der Waals surface area contributed by atoms with Crippen molar-refractivity contribution < 1.29 is 9.47 Å². The molecule has 0 N–H and O–H groups in total. The van der Waals surface area contributed by atoms with Gasteiger partial charge in [-0.3, -0.25) is 0 Å². The molecule has 2 heteroatoms. The molecular weight excluding hydrogens is 248 g/mol. The molecular formula is C18H36O2. The Labute approximate surface area is 126 Å². The van der Waals surface area contributed by atoms with Crippen molar-refractivity contribution in [1.29, 1.82) is 0 Å². The molecule has 0 aromatic carbocycles. The molecule has 0 aromatic heterocycles. The van der Waals surface area contributed by atoms with Crippen molar-refractivity contribution in [1.82, 2.24) is 0 Å². The van der Waals surface area contributed by atoms with Crippen LogP contribution in [0.15, 0.2) is 0 Å². The molecule has 0 aromatic rings. The van der Waals surface area contributed by atoms with E-state index in [1.54, 1.807) is 0 Å². The Morgan fingerprint density at radius 1 is 1.10 bits per heavy atom. The van der Waals surface area contributed by atoms with Gasteiger partial charge in [-0.2, -0.15) is 0 Å². The summed E-state index contributed by atoms with van der Waals surface area (Å²) >= 11 is 0. The fraction of sp³-hybridized carbons (Fsp3) is 1.00. The third-order valence-corrected chi connectivity index (χ3v) is 4.74. The van der Waals surface area contributed by atoms with E-state index in [9.17, 15) is 0 Å². The highest BCUT2D eigenvalue weighted by Gasteiger charge is 2.31. The largest absolute Gasteiger partial charge is 0.379 e. The van der Waals surface area contributed by atoms with Crippen molar-refractivity contribution in [3.05, 3.63) is 0 Å². The van der Waals surface area contributed by atoms with E-state index in [1.807, 2.05) is 0 Å². The Hall–Kier alpha value is -0.0800. The summed E-state index contributed by atoms with van der Waals surface area (Å²) in [7, 11) is 0. The van der Waals surface area contributed by atoms with Crippen LogP contribution >= 0.6 is 0 Å². The summed E-state index contributed by atoms with van der Waals surface area (Å²) in [5, 5.41) is 0. The van der Waals surface area contributed by atoms with E-state index in [1.165, 1.54) is 19.3 Å². The Kier molecular flexibility index (Phi) is 8.13. The van der Waals surface area contributed by atoms with Gasteiger partial charge >= 0.3 is 0 Å². The highest BCUT2D eigenvalue weighted by Crippen LogP contribution is 2.35. The van der Waals surface area contributed by atoms with Crippen LogP contribution in [-0.2, 0) is 9.47 Å². The lowest BCUT2D eigenvalue weighted by Crippen LogP contribution is -2.35. The van der Waals surface area contributed by atoms with Gasteiger partial charge in [0.15, 0.2) is 0 Å². The third kappa shape index (κ3) is 6.13. The first-order valence-corrected chi connectivity index (χ1v) is 8.67. The van der Waals surface area contributed by atoms with E-state index >= 15 is 0 Å². The van der Waals surface area contributed by atoms with Gasteiger partial charge < -0.3 is 9.47 Å². The molecule has 0 spiro atoms. The van der Waals surface area contributed by atoms with Crippen molar-refractivity contribution in [3.8, 4) is 0 Å². The van der Waals surface area contributed by atoms with Gasteiger partial charge in [0.1, 0.15) is 0 Å². The Bertz CT molecular complexity index is 252. The second-order valence-corrected chi connectivity index (χ2v) is 7.30. The SMILES string of the molecule is CCOC(C)CC(C)COC1CC(C)CCC1C(C)C. The standard InChI is InChI=1S/C18H36O2/c1-7-19-16(6)10-15(5)12-20-18-11-14(4)8-9-17(18)13(2)3/h13-18H,7-12H2,1-6H3. The molecule has 5 atom stereocenters. The quantitative estimate of drug-likeness (QED) is 0.630. The minimum absolute atomic E-state index is 0.352. The van der Waals surface area contributed by atoms with Crippen molar-refractivity contribution in [3.63, 3.8) is 0 Å².